The molecule has 3 rings (SSSR count). The molecule has 132 valence electrons. The largest absolute Gasteiger partial charge is 0.497 e. The minimum absolute atomic E-state index is 0.0579. The number of carbonyl (C=O) groups excluding carboxylic acids is 1. The van der Waals surface area contributed by atoms with Gasteiger partial charge in [-0.2, -0.15) is 0 Å². The molecule has 0 unspecified atom stereocenters. The third kappa shape index (κ3) is 3.72. The minimum atomic E-state index is -0.398. The van der Waals surface area contributed by atoms with E-state index in [-0.39, 0.29) is 17.8 Å². The summed E-state index contributed by atoms with van der Waals surface area (Å²) in [5.74, 6) is 0.523. The molecule has 0 radical (unpaired) electrons. The second-order valence-electron chi connectivity index (χ2n) is 5.31. The highest BCUT2D eigenvalue weighted by atomic mass is 16.5. The number of carbonyl (C=O) groups is 1. The molecule has 9 nitrogen and oxygen atoms in total. The van der Waals surface area contributed by atoms with E-state index in [1.807, 2.05) is 0 Å². The molecule has 0 bridgehead atoms. The summed E-state index contributed by atoms with van der Waals surface area (Å²) < 4.78 is 6.44. The molecule has 0 atom stereocenters. The van der Waals surface area contributed by atoms with E-state index < -0.39 is 5.91 Å². The van der Waals surface area contributed by atoms with E-state index in [1.54, 1.807) is 25.4 Å². The van der Waals surface area contributed by atoms with Crippen LogP contribution in [-0.2, 0) is 13.6 Å². The van der Waals surface area contributed by atoms with Gasteiger partial charge in [0.1, 0.15) is 23.6 Å². The van der Waals surface area contributed by atoms with E-state index in [4.69, 9.17) is 4.74 Å². The lowest BCUT2D eigenvalue weighted by Gasteiger charge is -2.10. The third-order valence-electron chi connectivity index (χ3n) is 3.68. The highest BCUT2D eigenvalue weighted by Crippen LogP contribution is 2.12. The van der Waals surface area contributed by atoms with Gasteiger partial charge in [0.2, 0.25) is 0 Å². The predicted octanol–water partition coefficient (Wildman–Crippen LogP) is 0.571. The Bertz CT molecular complexity index is 987. The Morgan fingerprint density at radius 3 is 2.77 bits per heavy atom. The van der Waals surface area contributed by atoms with Gasteiger partial charge in [-0.1, -0.05) is 0 Å². The number of hydrogen-bond acceptors (Lipinski definition) is 7. The van der Waals surface area contributed by atoms with Crippen LogP contribution < -0.4 is 15.6 Å². The summed E-state index contributed by atoms with van der Waals surface area (Å²) in [5.41, 5.74) is 0.901. The fraction of sp³-hybridized carbons (Fsp3) is 0.176. The lowest BCUT2D eigenvalue weighted by Crippen LogP contribution is -2.29. The third-order valence-corrected chi connectivity index (χ3v) is 3.68. The van der Waals surface area contributed by atoms with Crippen molar-refractivity contribution in [1.29, 1.82) is 0 Å². The van der Waals surface area contributed by atoms with Crippen LogP contribution in [0.25, 0.3) is 11.4 Å². The highest BCUT2D eigenvalue weighted by Gasteiger charge is 2.12. The number of amides is 1. The fourth-order valence-electron chi connectivity index (χ4n) is 2.23. The van der Waals surface area contributed by atoms with Gasteiger partial charge in [0.15, 0.2) is 0 Å². The number of aromatic nitrogens is 5. The summed E-state index contributed by atoms with van der Waals surface area (Å²) >= 11 is 0. The molecule has 0 spiro atoms. The molecule has 3 heterocycles. The Labute approximate surface area is 148 Å². The first-order chi connectivity index (χ1) is 12.6. The molecule has 0 aliphatic rings. The number of nitrogens with one attached hydrogen (secondary N) is 1. The summed E-state index contributed by atoms with van der Waals surface area (Å²) in [6.07, 6.45) is 4.43. The SMILES string of the molecule is COc1ccnc(C(=O)NCc2nc(-c3ccncn3)cc(=O)n2C)c1. The normalized spacial score (nSPS) is 10.4. The summed E-state index contributed by atoms with van der Waals surface area (Å²) in [4.78, 5) is 40.8. The molecule has 0 saturated heterocycles. The van der Waals surface area contributed by atoms with Crippen molar-refractivity contribution in [3.05, 3.63) is 64.9 Å². The van der Waals surface area contributed by atoms with Crippen LogP contribution in [0.2, 0.25) is 0 Å². The highest BCUT2D eigenvalue weighted by molar-refractivity contribution is 5.92. The maximum atomic E-state index is 12.3. The van der Waals surface area contributed by atoms with Crippen molar-refractivity contribution < 1.29 is 9.53 Å². The second-order valence-corrected chi connectivity index (χ2v) is 5.31. The molecule has 0 aliphatic heterocycles. The predicted molar refractivity (Wildman–Crippen MR) is 92.5 cm³/mol. The van der Waals surface area contributed by atoms with Crippen molar-refractivity contribution in [2.24, 2.45) is 7.05 Å². The van der Waals surface area contributed by atoms with Gasteiger partial charge in [-0.05, 0) is 12.1 Å². The molecule has 26 heavy (non-hydrogen) atoms. The van der Waals surface area contributed by atoms with Gasteiger partial charge >= 0.3 is 0 Å². The smallest absolute Gasteiger partial charge is 0.270 e. The van der Waals surface area contributed by atoms with Gasteiger partial charge in [0.05, 0.1) is 25.0 Å². The minimum Gasteiger partial charge on any atom is -0.497 e. The van der Waals surface area contributed by atoms with Crippen LogP contribution in [0.3, 0.4) is 0 Å². The van der Waals surface area contributed by atoms with Gasteiger partial charge in [-0.15, -0.1) is 0 Å². The fourth-order valence-corrected chi connectivity index (χ4v) is 2.23. The second kappa shape index (κ2) is 7.51. The Balaban J connectivity index is 1.82. The zero-order valence-electron chi connectivity index (χ0n) is 14.2. The maximum Gasteiger partial charge on any atom is 0.270 e. The van der Waals surface area contributed by atoms with E-state index in [0.29, 0.717) is 23.0 Å². The Kier molecular flexibility index (Phi) is 4.97. The topological polar surface area (TPSA) is 112 Å². The summed E-state index contributed by atoms with van der Waals surface area (Å²) in [6.45, 7) is 0.0579. The van der Waals surface area contributed by atoms with E-state index in [2.05, 4.69) is 25.3 Å². The first kappa shape index (κ1) is 17.2. The van der Waals surface area contributed by atoms with Crippen molar-refractivity contribution in [3.63, 3.8) is 0 Å². The molecule has 3 aromatic heterocycles. The van der Waals surface area contributed by atoms with Crippen LogP contribution in [-0.4, -0.2) is 37.5 Å². The number of nitrogens with zero attached hydrogens (tertiary/aromatic N) is 5. The molecule has 0 aromatic carbocycles. The number of rotatable bonds is 5. The van der Waals surface area contributed by atoms with E-state index in [9.17, 15) is 9.59 Å². The van der Waals surface area contributed by atoms with Crippen LogP contribution in [0.1, 0.15) is 16.3 Å². The van der Waals surface area contributed by atoms with Crippen LogP contribution in [0, 0.1) is 0 Å². The van der Waals surface area contributed by atoms with Gasteiger partial charge in [-0.25, -0.2) is 15.0 Å². The Hall–Kier alpha value is -3.62. The number of methoxy groups -OCH3 is 1. The number of ether oxygens (including phenoxy) is 1. The molecule has 0 fully saturated rings. The van der Waals surface area contributed by atoms with Crippen LogP contribution >= 0.6 is 0 Å². The average molecular weight is 352 g/mol. The van der Waals surface area contributed by atoms with Crippen molar-refractivity contribution in [2.75, 3.05) is 7.11 Å². The summed E-state index contributed by atoms with van der Waals surface area (Å²) in [7, 11) is 3.10. The van der Waals surface area contributed by atoms with Crippen molar-refractivity contribution >= 4 is 5.91 Å². The quantitative estimate of drug-likeness (QED) is 0.714. The van der Waals surface area contributed by atoms with Crippen LogP contribution in [0.15, 0.2) is 47.8 Å². The van der Waals surface area contributed by atoms with E-state index in [0.717, 1.165) is 0 Å². The van der Waals surface area contributed by atoms with Crippen molar-refractivity contribution in [3.8, 4) is 17.1 Å². The first-order valence-electron chi connectivity index (χ1n) is 7.70. The molecule has 0 saturated carbocycles. The average Bonchev–Trinajstić information content (AvgIpc) is 2.69. The molecule has 9 heteroatoms. The molecule has 1 N–H and O–H groups in total. The Morgan fingerprint density at radius 2 is 2.04 bits per heavy atom. The lowest BCUT2D eigenvalue weighted by atomic mass is 10.3. The van der Waals surface area contributed by atoms with Crippen molar-refractivity contribution in [2.45, 2.75) is 6.54 Å². The zero-order valence-corrected chi connectivity index (χ0v) is 14.2. The maximum absolute atomic E-state index is 12.3. The van der Waals surface area contributed by atoms with E-state index in [1.165, 1.54) is 36.3 Å². The molecule has 3 aromatic rings. The van der Waals surface area contributed by atoms with Gasteiger partial charge in [0.25, 0.3) is 11.5 Å². The molecular weight excluding hydrogens is 336 g/mol. The van der Waals surface area contributed by atoms with Gasteiger partial charge in [0, 0.05) is 31.6 Å². The first-order valence-corrected chi connectivity index (χ1v) is 7.70. The number of hydrogen-bond donors (Lipinski definition) is 1. The monoisotopic (exact) mass is 352 g/mol. The molecule has 1 amide bonds. The number of pyridine rings is 1. The zero-order chi connectivity index (χ0) is 18.5. The lowest BCUT2D eigenvalue weighted by molar-refractivity contribution is 0.0944. The summed E-state index contributed by atoms with van der Waals surface area (Å²) in [6, 6.07) is 6.22. The summed E-state index contributed by atoms with van der Waals surface area (Å²) in [5, 5.41) is 2.70. The van der Waals surface area contributed by atoms with Crippen LogP contribution in [0.4, 0.5) is 0 Å². The molecule has 0 aliphatic carbocycles. The van der Waals surface area contributed by atoms with Gasteiger partial charge in [-0.3, -0.25) is 19.1 Å². The standard InChI is InChI=1S/C17H16N6O3/c1-23-15(9-20-17(25)14-7-11(26-2)3-6-19-14)22-13(8-16(23)24)12-4-5-18-10-21-12/h3-8,10H,9H2,1-2H3,(H,20,25). The Morgan fingerprint density at radius 1 is 1.19 bits per heavy atom. The van der Waals surface area contributed by atoms with Crippen LogP contribution in [0.5, 0.6) is 5.75 Å². The molecular formula is C17H16N6O3. The van der Waals surface area contributed by atoms with E-state index >= 15 is 0 Å². The van der Waals surface area contributed by atoms with Crippen molar-refractivity contribution in [1.82, 2.24) is 29.8 Å². The van der Waals surface area contributed by atoms with Gasteiger partial charge < -0.3 is 10.1 Å².